The molecular formula is C11H10BrNO. The zero-order valence-electron chi connectivity index (χ0n) is 7.59. The van der Waals surface area contributed by atoms with E-state index in [2.05, 4.69) is 45.3 Å². The van der Waals surface area contributed by atoms with Gasteiger partial charge in [-0.05, 0) is 11.6 Å². The summed E-state index contributed by atoms with van der Waals surface area (Å²) in [4.78, 5) is 3.28. The molecule has 72 valence electrons. The third-order valence-electron chi connectivity index (χ3n) is 2.73. The first-order valence-corrected chi connectivity index (χ1v) is 5.42. The molecule has 1 saturated heterocycles. The highest BCUT2D eigenvalue weighted by atomic mass is 79.9. The van der Waals surface area contributed by atoms with Crippen LogP contribution in [0.2, 0.25) is 0 Å². The molecule has 0 radical (unpaired) electrons. The Morgan fingerprint density at radius 3 is 2.79 bits per heavy atom. The van der Waals surface area contributed by atoms with Crippen molar-refractivity contribution in [1.82, 2.24) is 4.98 Å². The fraction of sp³-hybridized carbons (Fsp3) is 0.273. The van der Waals surface area contributed by atoms with Gasteiger partial charge >= 0.3 is 0 Å². The van der Waals surface area contributed by atoms with Gasteiger partial charge in [0.25, 0.3) is 0 Å². The minimum atomic E-state index is 0.0343. The van der Waals surface area contributed by atoms with Crippen LogP contribution in [0.4, 0.5) is 0 Å². The monoisotopic (exact) mass is 251 g/mol. The number of nitrogens with one attached hydrogen (secondary N) is 1. The van der Waals surface area contributed by atoms with E-state index in [1.807, 2.05) is 6.07 Å². The standard InChI is InChI=1S/C11H10BrNO/c12-11(6-14-7-11)9-5-13-10-4-2-1-3-8(9)10/h1-5,13H,6-7H2. The SMILES string of the molecule is BrC1(c2c[nH]c3ccccc23)COC1. The smallest absolute Gasteiger partial charge is 0.0991 e. The van der Waals surface area contributed by atoms with E-state index < -0.39 is 0 Å². The molecule has 1 aliphatic rings. The zero-order valence-corrected chi connectivity index (χ0v) is 9.17. The molecule has 14 heavy (non-hydrogen) atoms. The lowest BCUT2D eigenvalue weighted by atomic mass is 9.97. The van der Waals surface area contributed by atoms with Gasteiger partial charge in [-0.3, -0.25) is 0 Å². The highest BCUT2D eigenvalue weighted by molar-refractivity contribution is 9.09. The fourth-order valence-corrected chi connectivity index (χ4v) is 2.53. The molecule has 3 heteroatoms. The van der Waals surface area contributed by atoms with Crippen molar-refractivity contribution in [3.05, 3.63) is 36.0 Å². The molecule has 2 aromatic rings. The maximum absolute atomic E-state index is 5.25. The van der Waals surface area contributed by atoms with Gasteiger partial charge in [0.1, 0.15) is 0 Å². The van der Waals surface area contributed by atoms with Crippen LogP contribution >= 0.6 is 15.9 Å². The second-order valence-corrected chi connectivity index (χ2v) is 5.22. The Labute approximate surface area is 90.4 Å². The van der Waals surface area contributed by atoms with Gasteiger partial charge < -0.3 is 9.72 Å². The third-order valence-corrected chi connectivity index (χ3v) is 3.62. The van der Waals surface area contributed by atoms with E-state index in [0.717, 1.165) is 13.2 Å². The minimum Gasteiger partial charge on any atom is -0.378 e. The lowest BCUT2D eigenvalue weighted by Gasteiger charge is -2.35. The molecule has 1 fully saturated rings. The first kappa shape index (κ1) is 8.50. The number of para-hydroxylation sites is 1. The van der Waals surface area contributed by atoms with Gasteiger partial charge in [0.05, 0.1) is 17.5 Å². The second-order valence-electron chi connectivity index (χ2n) is 3.71. The van der Waals surface area contributed by atoms with E-state index in [4.69, 9.17) is 4.74 Å². The average molecular weight is 252 g/mol. The van der Waals surface area contributed by atoms with Gasteiger partial charge in [-0.1, -0.05) is 34.1 Å². The quantitative estimate of drug-likeness (QED) is 0.775. The fourth-order valence-electron chi connectivity index (χ4n) is 1.88. The summed E-state index contributed by atoms with van der Waals surface area (Å²) in [5, 5.41) is 1.28. The largest absolute Gasteiger partial charge is 0.378 e. The molecule has 2 nitrogen and oxygen atoms in total. The predicted molar refractivity (Wildman–Crippen MR) is 59.7 cm³/mol. The van der Waals surface area contributed by atoms with Crippen molar-refractivity contribution in [3.8, 4) is 0 Å². The summed E-state index contributed by atoms with van der Waals surface area (Å²) < 4.78 is 5.28. The van der Waals surface area contributed by atoms with Crippen LogP contribution in [0.3, 0.4) is 0 Å². The van der Waals surface area contributed by atoms with E-state index in [0.29, 0.717) is 0 Å². The number of benzene rings is 1. The Balaban J connectivity index is 2.22. The van der Waals surface area contributed by atoms with Crippen LogP contribution in [0.15, 0.2) is 30.5 Å². The summed E-state index contributed by atoms with van der Waals surface area (Å²) in [6.07, 6.45) is 2.07. The normalized spacial score (nSPS) is 19.5. The molecule has 0 bridgehead atoms. The summed E-state index contributed by atoms with van der Waals surface area (Å²) in [5.74, 6) is 0. The predicted octanol–water partition coefficient (Wildman–Crippen LogP) is 2.79. The third kappa shape index (κ3) is 1.06. The molecule has 3 rings (SSSR count). The van der Waals surface area contributed by atoms with Gasteiger partial charge in [0.2, 0.25) is 0 Å². The maximum Gasteiger partial charge on any atom is 0.0991 e. The molecular weight excluding hydrogens is 242 g/mol. The molecule has 1 aromatic heterocycles. The molecule has 2 heterocycles. The van der Waals surface area contributed by atoms with Crippen molar-refractivity contribution in [3.63, 3.8) is 0 Å². The topological polar surface area (TPSA) is 25.0 Å². The zero-order chi connectivity index (χ0) is 9.60. The number of hydrogen-bond acceptors (Lipinski definition) is 1. The molecule has 0 saturated carbocycles. The summed E-state index contributed by atoms with van der Waals surface area (Å²) >= 11 is 3.73. The minimum absolute atomic E-state index is 0.0343. The van der Waals surface area contributed by atoms with Gasteiger partial charge in [-0.2, -0.15) is 0 Å². The van der Waals surface area contributed by atoms with E-state index >= 15 is 0 Å². The number of hydrogen-bond donors (Lipinski definition) is 1. The molecule has 1 aromatic carbocycles. The average Bonchev–Trinajstić information content (AvgIpc) is 2.58. The van der Waals surface area contributed by atoms with Crippen LogP contribution < -0.4 is 0 Å². The Hall–Kier alpha value is -0.800. The molecule has 0 spiro atoms. The van der Waals surface area contributed by atoms with E-state index in [9.17, 15) is 0 Å². The Kier molecular flexibility index (Phi) is 1.73. The van der Waals surface area contributed by atoms with E-state index in [1.165, 1.54) is 16.5 Å². The van der Waals surface area contributed by atoms with Crippen LogP contribution in [-0.2, 0) is 9.06 Å². The summed E-state index contributed by atoms with van der Waals surface area (Å²) in [5.41, 5.74) is 2.49. The molecule has 1 N–H and O–H groups in total. The van der Waals surface area contributed by atoms with Crippen LogP contribution in [0.25, 0.3) is 10.9 Å². The second kappa shape index (κ2) is 2.84. The Bertz CT molecular complexity index is 473. The van der Waals surface area contributed by atoms with E-state index in [-0.39, 0.29) is 4.32 Å². The van der Waals surface area contributed by atoms with Gasteiger partial charge in [0.15, 0.2) is 0 Å². The first-order valence-electron chi connectivity index (χ1n) is 4.63. The molecule has 0 unspecified atom stereocenters. The number of H-pyrrole nitrogens is 1. The highest BCUT2D eigenvalue weighted by Gasteiger charge is 2.39. The highest BCUT2D eigenvalue weighted by Crippen LogP contribution is 2.41. The molecule has 0 amide bonds. The Morgan fingerprint density at radius 1 is 1.29 bits per heavy atom. The van der Waals surface area contributed by atoms with Crippen molar-refractivity contribution < 1.29 is 4.74 Å². The van der Waals surface area contributed by atoms with Gasteiger partial charge in [-0.15, -0.1) is 0 Å². The molecule has 0 aliphatic carbocycles. The van der Waals surface area contributed by atoms with Crippen LogP contribution in [0.1, 0.15) is 5.56 Å². The number of halogens is 1. The summed E-state index contributed by atoms with van der Waals surface area (Å²) in [6.45, 7) is 1.52. The van der Waals surface area contributed by atoms with Crippen molar-refractivity contribution in [2.24, 2.45) is 0 Å². The number of ether oxygens (including phenoxy) is 1. The number of alkyl halides is 1. The lowest BCUT2D eigenvalue weighted by molar-refractivity contribution is -0.00635. The molecule has 1 aliphatic heterocycles. The summed E-state index contributed by atoms with van der Waals surface area (Å²) in [7, 11) is 0. The maximum atomic E-state index is 5.25. The first-order chi connectivity index (χ1) is 6.80. The number of fused-ring (bicyclic) bond motifs is 1. The van der Waals surface area contributed by atoms with Crippen molar-refractivity contribution in [1.29, 1.82) is 0 Å². The van der Waals surface area contributed by atoms with Crippen molar-refractivity contribution in [2.45, 2.75) is 4.32 Å². The summed E-state index contributed by atoms with van der Waals surface area (Å²) in [6, 6.07) is 8.34. The van der Waals surface area contributed by atoms with Crippen LogP contribution in [-0.4, -0.2) is 18.2 Å². The number of aromatic nitrogens is 1. The van der Waals surface area contributed by atoms with Crippen LogP contribution in [0, 0.1) is 0 Å². The Morgan fingerprint density at radius 2 is 2.07 bits per heavy atom. The van der Waals surface area contributed by atoms with Gasteiger partial charge in [-0.25, -0.2) is 0 Å². The van der Waals surface area contributed by atoms with Crippen LogP contribution in [0.5, 0.6) is 0 Å². The van der Waals surface area contributed by atoms with Gasteiger partial charge in [0, 0.05) is 17.1 Å². The van der Waals surface area contributed by atoms with Crippen molar-refractivity contribution in [2.75, 3.05) is 13.2 Å². The molecule has 0 atom stereocenters. The van der Waals surface area contributed by atoms with Crippen molar-refractivity contribution >= 4 is 26.8 Å². The lowest BCUT2D eigenvalue weighted by Crippen LogP contribution is -2.40. The number of rotatable bonds is 1. The van der Waals surface area contributed by atoms with E-state index in [1.54, 1.807) is 0 Å². The number of aromatic amines is 1.